The van der Waals surface area contributed by atoms with E-state index >= 15 is 0 Å². The second kappa shape index (κ2) is 6.53. The Morgan fingerprint density at radius 3 is 2.77 bits per heavy atom. The van der Waals surface area contributed by atoms with Gasteiger partial charge in [-0.15, -0.1) is 21.5 Å². The second-order valence-electron chi connectivity index (χ2n) is 4.92. The summed E-state index contributed by atoms with van der Waals surface area (Å²) in [6.07, 6.45) is 0.0875. The lowest BCUT2D eigenvalue weighted by Crippen LogP contribution is -2.24. The van der Waals surface area contributed by atoms with Crippen molar-refractivity contribution < 1.29 is 9.21 Å². The molecule has 0 aliphatic rings. The average Bonchev–Trinajstić information content (AvgIpc) is 3.17. The summed E-state index contributed by atoms with van der Waals surface area (Å²) in [6.45, 7) is 2.52. The fourth-order valence-electron chi connectivity index (χ4n) is 1.93. The molecule has 0 aliphatic carbocycles. The zero-order valence-corrected chi connectivity index (χ0v) is 12.9. The molecule has 3 rings (SSSR count). The normalized spacial score (nSPS) is 10.6. The lowest BCUT2D eigenvalue weighted by Gasteiger charge is -2.04. The van der Waals surface area contributed by atoms with Gasteiger partial charge >= 0.3 is 0 Å². The third-order valence-corrected chi connectivity index (χ3v) is 3.98. The van der Waals surface area contributed by atoms with Gasteiger partial charge in [-0.05, 0) is 23.9 Å². The maximum Gasteiger partial charge on any atom is 0.257 e. The highest BCUT2D eigenvalue weighted by molar-refractivity contribution is 7.13. The van der Waals surface area contributed by atoms with Crippen molar-refractivity contribution in [3.8, 4) is 10.8 Å². The fourth-order valence-corrected chi connectivity index (χ4v) is 2.58. The van der Waals surface area contributed by atoms with Crippen LogP contribution in [-0.4, -0.2) is 16.1 Å². The van der Waals surface area contributed by atoms with E-state index in [4.69, 9.17) is 4.42 Å². The number of aryl methyl sites for hydroxylation is 1. The number of rotatable bonds is 5. The van der Waals surface area contributed by atoms with Gasteiger partial charge < -0.3 is 9.73 Å². The standard InChI is InChI=1S/C16H15N3O2S/c1-11-4-6-12(7-5-11)10-17-14(20)9-15-18-19-16(21-15)13-3-2-8-22-13/h2-8H,9-10H2,1H3,(H,17,20). The van der Waals surface area contributed by atoms with Gasteiger partial charge in [-0.25, -0.2) is 0 Å². The zero-order valence-electron chi connectivity index (χ0n) is 12.1. The van der Waals surface area contributed by atoms with Crippen LogP contribution in [0.1, 0.15) is 17.0 Å². The van der Waals surface area contributed by atoms with Crippen molar-refractivity contribution in [2.75, 3.05) is 0 Å². The van der Waals surface area contributed by atoms with E-state index in [9.17, 15) is 4.79 Å². The number of carbonyl (C=O) groups is 1. The van der Waals surface area contributed by atoms with E-state index in [1.54, 1.807) is 0 Å². The van der Waals surface area contributed by atoms with Gasteiger partial charge in [0, 0.05) is 6.54 Å². The van der Waals surface area contributed by atoms with E-state index in [0.717, 1.165) is 10.4 Å². The molecular formula is C16H15N3O2S. The van der Waals surface area contributed by atoms with Gasteiger partial charge in [0.05, 0.1) is 4.88 Å². The first-order valence-electron chi connectivity index (χ1n) is 6.89. The molecule has 6 heteroatoms. The van der Waals surface area contributed by atoms with Crippen molar-refractivity contribution in [1.82, 2.24) is 15.5 Å². The lowest BCUT2D eigenvalue weighted by atomic mass is 10.1. The molecule has 0 unspecified atom stereocenters. The summed E-state index contributed by atoms with van der Waals surface area (Å²) >= 11 is 1.52. The Balaban J connectivity index is 1.54. The minimum absolute atomic E-state index is 0.0875. The van der Waals surface area contributed by atoms with Gasteiger partial charge in [0.15, 0.2) is 0 Å². The zero-order chi connectivity index (χ0) is 15.4. The van der Waals surface area contributed by atoms with Crippen LogP contribution in [-0.2, 0) is 17.8 Å². The van der Waals surface area contributed by atoms with Gasteiger partial charge in [0.2, 0.25) is 11.8 Å². The Bertz CT molecular complexity index is 748. The first kappa shape index (κ1) is 14.5. The van der Waals surface area contributed by atoms with Crippen LogP contribution in [0.2, 0.25) is 0 Å². The molecule has 22 heavy (non-hydrogen) atoms. The molecular weight excluding hydrogens is 298 g/mol. The monoisotopic (exact) mass is 313 g/mol. The molecule has 0 saturated carbocycles. The van der Waals surface area contributed by atoms with Crippen molar-refractivity contribution in [2.45, 2.75) is 19.9 Å². The highest BCUT2D eigenvalue weighted by atomic mass is 32.1. The summed E-state index contributed by atoms with van der Waals surface area (Å²) in [7, 11) is 0. The third kappa shape index (κ3) is 3.59. The van der Waals surface area contributed by atoms with Crippen LogP contribution in [0.25, 0.3) is 10.8 Å². The molecule has 0 saturated heterocycles. The molecule has 0 bridgehead atoms. The highest BCUT2D eigenvalue weighted by Gasteiger charge is 2.12. The average molecular weight is 313 g/mol. The fraction of sp³-hybridized carbons (Fsp3) is 0.188. The van der Waals surface area contributed by atoms with Crippen LogP contribution in [0.15, 0.2) is 46.2 Å². The summed E-state index contributed by atoms with van der Waals surface area (Å²) in [5.41, 5.74) is 2.26. The number of amides is 1. The molecule has 2 aromatic heterocycles. The van der Waals surface area contributed by atoms with Crippen molar-refractivity contribution >= 4 is 17.2 Å². The summed E-state index contributed by atoms with van der Waals surface area (Å²) in [4.78, 5) is 12.8. The smallest absolute Gasteiger partial charge is 0.257 e. The molecule has 3 aromatic rings. The molecule has 1 N–H and O–H groups in total. The number of carbonyl (C=O) groups excluding carboxylic acids is 1. The molecule has 1 aromatic carbocycles. The van der Waals surface area contributed by atoms with Gasteiger partial charge in [-0.3, -0.25) is 4.79 Å². The molecule has 0 radical (unpaired) electrons. The van der Waals surface area contributed by atoms with Crippen LogP contribution in [0, 0.1) is 6.92 Å². The Kier molecular flexibility index (Phi) is 4.29. The van der Waals surface area contributed by atoms with Crippen LogP contribution in [0.5, 0.6) is 0 Å². The number of nitrogens with one attached hydrogen (secondary N) is 1. The quantitative estimate of drug-likeness (QED) is 0.786. The Morgan fingerprint density at radius 2 is 2.05 bits per heavy atom. The van der Waals surface area contributed by atoms with Crippen LogP contribution < -0.4 is 5.32 Å². The van der Waals surface area contributed by atoms with Gasteiger partial charge in [-0.2, -0.15) is 0 Å². The molecule has 2 heterocycles. The summed E-state index contributed by atoms with van der Waals surface area (Å²) in [6, 6.07) is 11.9. The number of hydrogen-bond donors (Lipinski definition) is 1. The third-order valence-electron chi connectivity index (χ3n) is 3.12. The van der Waals surface area contributed by atoms with E-state index in [0.29, 0.717) is 18.3 Å². The molecule has 1 amide bonds. The number of hydrogen-bond acceptors (Lipinski definition) is 5. The van der Waals surface area contributed by atoms with Crippen LogP contribution in [0.3, 0.4) is 0 Å². The Hall–Kier alpha value is -2.47. The van der Waals surface area contributed by atoms with Crippen molar-refractivity contribution in [3.05, 3.63) is 58.8 Å². The highest BCUT2D eigenvalue weighted by Crippen LogP contribution is 2.22. The molecule has 0 spiro atoms. The number of nitrogens with zero attached hydrogens (tertiary/aromatic N) is 2. The maximum atomic E-state index is 11.9. The largest absolute Gasteiger partial charge is 0.419 e. The summed E-state index contributed by atoms with van der Waals surface area (Å²) < 4.78 is 5.49. The first-order chi connectivity index (χ1) is 10.7. The van der Waals surface area contributed by atoms with Gasteiger partial charge in [0.1, 0.15) is 6.42 Å². The Labute approximate surface area is 132 Å². The van der Waals surface area contributed by atoms with E-state index in [1.807, 2.05) is 48.7 Å². The molecule has 0 atom stereocenters. The minimum atomic E-state index is -0.137. The lowest BCUT2D eigenvalue weighted by molar-refractivity contribution is -0.120. The van der Waals surface area contributed by atoms with Crippen molar-refractivity contribution in [3.63, 3.8) is 0 Å². The van der Waals surface area contributed by atoms with E-state index in [2.05, 4.69) is 15.5 Å². The summed E-state index contributed by atoms with van der Waals surface area (Å²) in [5, 5.41) is 12.6. The van der Waals surface area contributed by atoms with Crippen molar-refractivity contribution in [1.29, 1.82) is 0 Å². The predicted molar refractivity (Wildman–Crippen MR) is 84.3 cm³/mol. The topological polar surface area (TPSA) is 68.0 Å². The molecule has 112 valence electrons. The number of aromatic nitrogens is 2. The summed E-state index contributed by atoms with van der Waals surface area (Å²) in [5.74, 6) is 0.642. The number of benzene rings is 1. The molecule has 5 nitrogen and oxygen atoms in total. The van der Waals surface area contributed by atoms with Gasteiger partial charge in [-0.1, -0.05) is 35.9 Å². The first-order valence-corrected chi connectivity index (χ1v) is 7.77. The molecule has 0 aliphatic heterocycles. The minimum Gasteiger partial charge on any atom is -0.419 e. The van der Waals surface area contributed by atoms with E-state index in [1.165, 1.54) is 16.9 Å². The SMILES string of the molecule is Cc1ccc(CNC(=O)Cc2nnc(-c3cccs3)o2)cc1. The van der Waals surface area contributed by atoms with Crippen molar-refractivity contribution in [2.24, 2.45) is 0 Å². The van der Waals surface area contributed by atoms with Crippen LogP contribution in [0.4, 0.5) is 0 Å². The second-order valence-corrected chi connectivity index (χ2v) is 5.87. The van der Waals surface area contributed by atoms with E-state index < -0.39 is 0 Å². The predicted octanol–water partition coefficient (Wildman–Crippen LogP) is 2.97. The number of thiophene rings is 1. The Morgan fingerprint density at radius 1 is 1.23 bits per heavy atom. The maximum absolute atomic E-state index is 11.9. The molecule has 0 fully saturated rings. The van der Waals surface area contributed by atoms with Gasteiger partial charge in [0.25, 0.3) is 5.89 Å². The van der Waals surface area contributed by atoms with Crippen LogP contribution >= 0.6 is 11.3 Å². The van der Waals surface area contributed by atoms with E-state index in [-0.39, 0.29) is 12.3 Å².